The highest BCUT2D eigenvalue weighted by Crippen LogP contribution is 2.39. The number of amides is 4. The number of imide groups is 1. The second kappa shape index (κ2) is 5.58. The molecule has 0 unspecified atom stereocenters. The number of rotatable bonds is 3. The first-order valence-electron chi connectivity index (χ1n) is 7.61. The summed E-state index contributed by atoms with van der Waals surface area (Å²) in [6.07, 6.45) is 4.22. The molecule has 4 amide bonds. The van der Waals surface area contributed by atoms with Crippen molar-refractivity contribution in [2.24, 2.45) is 5.92 Å². The topological polar surface area (TPSA) is 107 Å². The van der Waals surface area contributed by atoms with Crippen molar-refractivity contribution in [3.8, 4) is 0 Å². The van der Waals surface area contributed by atoms with E-state index in [0.717, 1.165) is 30.6 Å². The number of hydrogen-bond acceptors (Lipinski definition) is 4. The Balaban J connectivity index is 1.77. The van der Waals surface area contributed by atoms with E-state index in [1.165, 1.54) is 4.90 Å². The molecule has 2 heterocycles. The molecule has 22 heavy (non-hydrogen) atoms. The van der Waals surface area contributed by atoms with E-state index in [2.05, 4.69) is 5.32 Å². The van der Waals surface area contributed by atoms with Crippen LogP contribution in [0.5, 0.6) is 0 Å². The molecule has 8 nitrogen and oxygen atoms in total. The molecule has 2 N–H and O–H groups in total. The van der Waals surface area contributed by atoms with Crippen LogP contribution in [-0.2, 0) is 14.4 Å². The van der Waals surface area contributed by atoms with E-state index in [1.807, 2.05) is 0 Å². The first kappa shape index (κ1) is 14.8. The lowest BCUT2D eigenvalue weighted by molar-refractivity contribution is -0.150. The first-order valence-corrected chi connectivity index (χ1v) is 7.61. The van der Waals surface area contributed by atoms with Gasteiger partial charge in [0.05, 0.1) is 6.54 Å². The third kappa shape index (κ3) is 2.42. The van der Waals surface area contributed by atoms with Crippen LogP contribution in [0.4, 0.5) is 4.79 Å². The third-order valence-corrected chi connectivity index (χ3v) is 4.89. The van der Waals surface area contributed by atoms with Crippen molar-refractivity contribution in [3.05, 3.63) is 0 Å². The Bertz CT molecular complexity index is 519. The van der Waals surface area contributed by atoms with Crippen molar-refractivity contribution >= 4 is 23.8 Å². The van der Waals surface area contributed by atoms with Crippen molar-refractivity contribution in [3.63, 3.8) is 0 Å². The van der Waals surface area contributed by atoms with Gasteiger partial charge in [0.15, 0.2) is 0 Å². The zero-order chi connectivity index (χ0) is 15.9. The second-order valence-electron chi connectivity index (χ2n) is 6.14. The molecule has 2 saturated heterocycles. The average molecular weight is 309 g/mol. The summed E-state index contributed by atoms with van der Waals surface area (Å²) in [6, 6.07) is -1.52. The number of nitrogens with zero attached hydrogens (tertiary/aromatic N) is 2. The molecule has 8 heteroatoms. The molecule has 3 rings (SSSR count). The van der Waals surface area contributed by atoms with E-state index in [9.17, 15) is 24.3 Å². The van der Waals surface area contributed by atoms with Gasteiger partial charge in [0.2, 0.25) is 5.91 Å². The minimum atomic E-state index is -1.01. The van der Waals surface area contributed by atoms with E-state index in [-0.39, 0.29) is 25.0 Å². The Hall–Kier alpha value is -2.12. The predicted octanol–water partition coefficient (Wildman–Crippen LogP) is -0.217. The fourth-order valence-electron chi connectivity index (χ4n) is 3.87. The van der Waals surface area contributed by atoms with Crippen LogP contribution in [0.25, 0.3) is 0 Å². The number of nitrogens with one attached hydrogen (secondary N) is 1. The minimum absolute atomic E-state index is 0.0804. The molecule has 3 atom stereocenters. The Kier molecular flexibility index (Phi) is 3.76. The highest BCUT2D eigenvalue weighted by molar-refractivity contribution is 6.04. The molecule has 1 aliphatic carbocycles. The Labute approximate surface area is 127 Å². The van der Waals surface area contributed by atoms with Gasteiger partial charge in [-0.15, -0.1) is 0 Å². The minimum Gasteiger partial charge on any atom is -0.480 e. The first-order chi connectivity index (χ1) is 10.5. The molecular weight excluding hydrogens is 290 g/mol. The van der Waals surface area contributed by atoms with Crippen molar-refractivity contribution in [1.82, 2.24) is 15.1 Å². The van der Waals surface area contributed by atoms with Gasteiger partial charge in [0.1, 0.15) is 12.6 Å². The molecule has 0 aromatic carbocycles. The normalized spacial score (nSPS) is 31.2. The summed E-state index contributed by atoms with van der Waals surface area (Å²) in [6.45, 7) is -0.488. The van der Waals surface area contributed by atoms with E-state index < -0.39 is 29.9 Å². The van der Waals surface area contributed by atoms with Crippen LogP contribution in [0.1, 0.15) is 32.1 Å². The Morgan fingerprint density at radius 1 is 1.23 bits per heavy atom. The third-order valence-electron chi connectivity index (χ3n) is 4.89. The summed E-state index contributed by atoms with van der Waals surface area (Å²) >= 11 is 0. The summed E-state index contributed by atoms with van der Waals surface area (Å²) in [7, 11) is 0. The number of carbonyl (C=O) groups is 4. The molecule has 2 aliphatic heterocycles. The van der Waals surface area contributed by atoms with E-state index in [0.29, 0.717) is 6.42 Å². The summed E-state index contributed by atoms with van der Waals surface area (Å²) in [5.74, 6) is -1.71. The van der Waals surface area contributed by atoms with Crippen LogP contribution in [0.15, 0.2) is 0 Å². The van der Waals surface area contributed by atoms with Gasteiger partial charge in [-0.1, -0.05) is 12.8 Å². The van der Waals surface area contributed by atoms with Crippen molar-refractivity contribution in [2.45, 2.75) is 44.2 Å². The molecule has 3 aliphatic rings. The predicted molar refractivity (Wildman–Crippen MR) is 73.7 cm³/mol. The lowest BCUT2D eigenvalue weighted by Crippen LogP contribution is -2.51. The van der Waals surface area contributed by atoms with Crippen molar-refractivity contribution < 1.29 is 24.3 Å². The molecule has 0 aromatic heterocycles. The van der Waals surface area contributed by atoms with Crippen LogP contribution in [0, 0.1) is 5.92 Å². The van der Waals surface area contributed by atoms with E-state index in [1.54, 1.807) is 0 Å². The maximum absolute atomic E-state index is 12.6. The van der Waals surface area contributed by atoms with Crippen LogP contribution < -0.4 is 5.32 Å². The largest absolute Gasteiger partial charge is 0.480 e. The van der Waals surface area contributed by atoms with Crippen molar-refractivity contribution in [1.29, 1.82) is 0 Å². The van der Waals surface area contributed by atoms with Gasteiger partial charge >= 0.3 is 12.0 Å². The van der Waals surface area contributed by atoms with Crippen LogP contribution in [-0.4, -0.2) is 63.9 Å². The molecule has 0 spiro atoms. The van der Waals surface area contributed by atoms with Crippen LogP contribution in [0.3, 0.4) is 0 Å². The molecule has 0 aromatic rings. The maximum Gasteiger partial charge on any atom is 0.326 e. The van der Waals surface area contributed by atoms with Gasteiger partial charge < -0.3 is 15.3 Å². The highest BCUT2D eigenvalue weighted by atomic mass is 16.4. The smallest absolute Gasteiger partial charge is 0.326 e. The molecule has 0 bridgehead atoms. The van der Waals surface area contributed by atoms with Crippen molar-refractivity contribution in [2.75, 3.05) is 13.1 Å². The Morgan fingerprint density at radius 3 is 2.59 bits per heavy atom. The number of carboxylic acids is 1. The average Bonchev–Trinajstić information content (AvgIpc) is 3.02. The fourth-order valence-corrected chi connectivity index (χ4v) is 3.87. The van der Waals surface area contributed by atoms with Gasteiger partial charge in [-0.05, 0) is 25.2 Å². The number of urea groups is 1. The quantitative estimate of drug-likeness (QED) is 0.701. The lowest BCUT2D eigenvalue weighted by atomic mass is 9.85. The number of aliphatic carboxylic acids is 1. The number of likely N-dealkylation sites (tertiary alicyclic amines) is 1. The van der Waals surface area contributed by atoms with Crippen LogP contribution in [0.2, 0.25) is 0 Å². The van der Waals surface area contributed by atoms with E-state index >= 15 is 0 Å². The summed E-state index contributed by atoms with van der Waals surface area (Å²) in [5, 5.41) is 11.7. The van der Waals surface area contributed by atoms with Gasteiger partial charge in [0, 0.05) is 6.04 Å². The van der Waals surface area contributed by atoms with E-state index in [4.69, 9.17) is 0 Å². The summed E-state index contributed by atoms with van der Waals surface area (Å²) in [4.78, 5) is 49.4. The monoisotopic (exact) mass is 309 g/mol. The number of carboxylic acid groups (broad SMARTS) is 1. The van der Waals surface area contributed by atoms with Crippen LogP contribution >= 0.6 is 0 Å². The molecular formula is C14H19N3O5. The number of fused-ring (bicyclic) bond motifs is 1. The molecule has 1 saturated carbocycles. The highest BCUT2D eigenvalue weighted by Gasteiger charge is 2.48. The molecule has 3 fully saturated rings. The SMILES string of the molecule is O=C(O)[C@@H]1C[C@H]2CCCC[C@H]2N1C(=O)CN1C(=O)CNC1=O. The fraction of sp³-hybridized carbons (Fsp3) is 0.714. The lowest BCUT2D eigenvalue weighted by Gasteiger charge is -2.33. The molecule has 120 valence electrons. The second-order valence-corrected chi connectivity index (χ2v) is 6.14. The summed E-state index contributed by atoms with van der Waals surface area (Å²) in [5.41, 5.74) is 0. The zero-order valence-corrected chi connectivity index (χ0v) is 12.2. The maximum atomic E-state index is 12.6. The zero-order valence-electron chi connectivity index (χ0n) is 12.2. The number of carbonyl (C=O) groups excluding carboxylic acids is 3. The van der Waals surface area contributed by atoms with Gasteiger partial charge in [-0.3, -0.25) is 14.5 Å². The van der Waals surface area contributed by atoms with Gasteiger partial charge in [-0.2, -0.15) is 0 Å². The summed E-state index contributed by atoms with van der Waals surface area (Å²) < 4.78 is 0. The Morgan fingerprint density at radius 2 is 1.95 bits per heavy atom. The van der Waals surface area contributed by atoms with Gasteiger partial charge in [-0.25, -0.2) is 9.59 Å². The van der Waals surface area contributed by atoms with Gasteiger partial charge in [0.25, 0.3) is 5.91 Å². The molecule has 0 radical (unpaired) electrons. The standard InChI is InChI=1S/C14H19N3O5/c18-11-6-15-14(22)16(11)7-12(19)17-9-4-2-1-3-8(9)5-10(17)13(20)21/h8-10H,1-7H2,(H,15,22)(H,20,21)/t8-,9-,10+/m1/s1. The number of hydrogen-bond donors (Lipinski definition) is 2.